The lowest BCUT2D eigenvalue weighted by Crippen LogP contribution is -2.66. The molecule has 0 bridgehead atoms. The van der Waals surface area contributed by atoms with Crippen molar-refractivity contribution in [2.45, 2.75) is 55.4 Å². The van der Waals surface area contributed by atoms with Gasteiger partial charge in [0.05, 0.1) is 0 Å². The summed E-state index contributed by atoms with van der Waals surface area (Å²) in [6.07, 6.45) is 0. The summed E-state index contributed by atoms with van der Waals surface area (Å²) in [4.78, 5) is 2.59. The van der Waals surface area contributed by atoms with Crippen molar-refractivity contribution in [3.63, 3.8) is 0 Å². The molecule has 7 rings (SSSR count). The average molecular weight is 655 g/mol. The fourth-order valence-electron chi connectivity index (χ4n) is 8.18. The summed E-state index contributed by atoms with van der Waals surface area (Å²) in [6, 6.07) is 28.6. The second-order valence-electron chi connectivity index (χ2n) is 12.9. The second kappa shape index (κ2) is 9.91. The maximum atomic E-state index is 2.59. The number of benzene rings is 5. The van der Waals surface area contributed by atoms with Crippen molar-refractivity contribution in [2.24, 2.45) is 0 Å². The topological polar surface area (TPSA) is 3.24 Å². The molecule has 0 fully saturated rings. The lowest BCUT2D eigenvalue weighted by atomic mass is 9.29. The monoisotopic (exact) mass is 655 g/mol. The first-order valence-corrected chi connectivity index (χ1v) is 16.1. The zero-order valence-corrected chi connectivity index (χ0v) is 28.1. The van der Waals surface area contributed by atoms with Crippen LogP contribution in [0.2, 0.25) is 0 Å². The Morgan fingerprint density at radius 3 is 1.21 bits per heavy atom. The molecule has 0 spiro atoms. The van der Waals surface area contributed by atoms with Crippen molar-refractivity contribution < 1.29 is 0 Å². The fourth-order valence-corrected chi connectivity index (χ4v) is 8.85. The highest BCUT2D eigenvalue weighted by molar-refractivity contribution is 14.1. The van der Waals surface area contributed by atoms with Crippen LogP contribution in [0.3, 0.4) is 0 Å². The van der Waals surface area contributed by atoms with E-state index in [0.29, 0.717) is 0 Å². The van der Waals surface area contributed by atoms with Crippen molar-refractivity contribution in [3.05, 3.63) is 121 Å². The molecule has 0 saturated heterocycles. The molecule has 4 heteroatoms. The molecule has 0 amide bonds. The Hall–Kier alpha value is -3.24. The maximum Gasteiger partial charge on any atom is 0.247 e. The molecule has 206 valence electrons. The van der Waals surface area contributed by atoms with E-state index in [9.17, 15) is 0 Å². The first kappa shape index (κ1) is 27.6. The number of anilines is 3. The number of hydrogen-bond donors (Lipinski definition) is 0. The van der Waals surface area contributed by atoms with Gasteiger partial charge in [0.2, 0.25) is 13.4 Å². The molecule has 0 N–H and O–H groups in total. The van der Waals surface area contributed by atoms with Crippen molar-refractivity contribution >= 4 is 85.9 Å². The summed E-state index contributed by atoms with van der Waals surface area (Å²) in [5.41, 5.74) is 23.3. The first-order chi connectivity index (χ1) is 20.0. The minimum absolute atomic E-state index is 0.174. The smallest absolute Gasteiger partial charge is 0.247 e. The fraction of sp³-hybridized carbons (Fsp3) is 0.211. The van der Waals surface area contributed by atoms with Gasteiger partial charge >= 0.3 is 0 Å². The predicted molar refractivity (Wildman–Crippen MR) is 194 cm³/mol. The van der Waals surface area contributed by atoms with E-state index in [1.54, 1.807) is 0 Å². The highest BCUT2D eigenvalue weighted by atomic mass is 127. The number of halogens is 1. The van der Waals surface area contributed by atoms with Gasteiger partial charge < -0.3 is 4.90 Å². The minimum atomic E-state index is 0.174. The molecule has 0 radical (unpaired) electrons. The number of aryl methyl sites for hydroxylation is 8. The zero-order chi connectivity index (χ0) is 29.6. The van der Waals surface area contributed by atoms with Gasteiger partial charge in [0.1, 0.15) is 0 Å². The number of rotatable bonds is 2. The van der Waals surface area contributed by atoms with Crippen molar-refractivity contribution in [1.82, 2.24) is 0 Å². The molecule has 0 unspecified atom stereocenters. The Morgan fingerprint density at radius 2 is 0.833 bits per heavy atom. The Bertz CT molecular complexity index is 1770. The van der Waals surface area contributed by atoms with Crippen LogP contribution in [0.15, 0.2) is 72.8 Å². The van der Waals surface area contributed by atoms with Gasteiger partial charge in [0.25, 0.3) is 0 Å². The standard InChI is InChI=1S/C38H36B2IN/c1-21-9-11-34-30(17-21)39(36-25(5)13-23(3)14-26(36)6)32-19-29(41)20-33-38(32)42(34)35-12-10-22(2)18-31(35)40(33)37-27(7)15-24(4)16-28(37)8/h9-20H,1-8H3. The third kappa shape index (κ3) is 4.12. The molecular formula is C38H36B2IN. The molecule has 0 atom stereocenters. The van der Waals surface area contributed by atoms with Gasteiger partial charge in [-0.15, -0.1) is 0 Å². The molecule has 42 heavy (non-hydrogen) atoms. The van der Waals surface area contributed by atoms with Crippen LogP contribution in [-0.4, -0.2) is 13.4 Å². The van der Waals surface area contributed by atoms with Crippen molar-refractivity contribution in [1.29, 1.82) is 0 Å². The zero-order valence-electron chi connectivity index (χ0n) is 25.9. The molecule has 2 heterocycles. The van der Waals surface area contributed by atoms with Crippen LogP contribution in [-0.2, 0) is 0 Å². The second-order valence-corrected chi connectivity index (χ2v) is 14.1. The third-order valence-corrected chi connectivity index (χ3v) is 10.1. The Kier molecular flexibility index (Phi) is 6.51. The van der Waals surface area contributed by atoms with Crippen LogP contribution in [0.4, 0.5) is 17.1 Å². The molecule has 0 aliphatic carbocycles. The molecule has 0 saturated carbocycles. The minimum Gasteiger partial charge on any atom is -0.313 e. The van der Waals surface area contributed by atoms with Crippen LogP contribution >= 0.6 is 22.6 Å². The largest absolute Gasteiger partial charge is 0.313 e. The van der Waals surface area contributed by atoms with E-state index in [0.717, 1.165) is 0 Å². The van der Waals surface area contributed by atoms with Gasteiger partial charge in [-0.3, -0.25) is 0 Å². The summed E-state index contributed by atoms with van der Waals surface area (Å²) >= 11 is 2.56. The normalized spacial score (nSPS) is 13.2. The summed E-state index contributed by atoms with van der Waals surface area (Å²) in [5.74, 6) is 0. The Morgan fingerprint density at radius 1 is 0.452 bits per heavy atom. The Labute approximate surface area is 265 Å². The highest BCUT2D eigenvalue weighted by Gasteiger charge is 2.44. The molecular weight excluding hydrogens is 619 g/mol. The third-order valence-electron chi connectivity index (χ3n) is 9.50. The summed E-state index contributed by atoms with van der Waals surface area (Å²) in [6.45, 7) is 18.5. The van der Waals surface area contributed by atoms with Crippen LogP contribution in [0, 0.1) is 59.0 Å². The summed E-state index contributed by atoms with van der Waals surface area (Å²) in [5, 5.41) is 0. The average Bonchev–Trinajstić information content (AvgIpc) is 2.89. The van der Waals surface area contributed by atoms with E-state index >= 15 is 0 Å². The van der Waals surface area contributed by atoms with E-state index in [4.69, 9.17) is 0 Å². The van der Waals surface area contributed by atoms with Crippen molar-refractivity contribution in [3.8, 4) is 0 Å². The van der Waals surface area contributed by atoms with Gasteiger partial charge in [-0.05, 0) is 112 Å². The molecule has 1 nitrogen and oxygen atoms in total. The number of hydrogen-bond acceptors (Lipinski definition) is 1. The molecule has 2 aliphatic rings. The first-order valence-electron chi connectivity index (χ1n) is 15.0. The van der Waals surface area contributed by atoms with Crippen LogP contribution in [0.5, 0.6) is 0 Å². The predicted octanol–water partition coefficient (Wildman–Crippen LogP) is 5.89. The van der Waals surface area contributed by atoms with Gasteiger partial charge in [0, 0.05) is 20.6 Å². The number of fused-ring (bicyclic) bond motifs is 4. The molecule has 2 aliphatic heterocycles. The molecule has 0 aromatic heterocycles. The van der Waals surface area contributed by atoms with E-state index < -0.39 is 0 Å². The van der Waals surface area contributed by atoms with E-state index in [-0.39, 0.29) is 13.4 Å². The Balaban J connectivity index is 1.64. The quantitative estimate of drug-likeness (QED) is 0.166. The molecule has 5 aromatic carbocycles. The van der Waals surface area contributed by atoms with Gasteiger partial charge in [-0.1, -0.05) is 116 Å². The highest BCUT2D eigenvalue weighted by Crippen LogP contribution is 2.38. The van der Waals surface area contributed by atoms with Gasteiger partial charge in [0.15, 0.2) is 0 Å². The van der Waals surface area contributed by atoms with Gasteiger partial charge in [-0.25, -0.2) is 0 Å². The molecule has 5 aromatic rings. The lowest BCUT2D eigenvalue weighted by Gasteiger charge is -2.45. The van der Waals surface area contributed by atoms with Crippen molar-refractivity contribution in [2.75, 3.05) is 4.90 Å². The summed E-state index contributed by atoms with van der Waals surface area (Å²) in [7, 11) is 0. The number of nitrogens with zero attached hydrogens (tertiary/aromatic N) is 1. The lowest BCUT2D eigenvalue weighted by molar-refractivity contribution is 1.28. The van der Waals surface area contributed by atoms with E-state index in [2.05, 4.69) is 156 Å². The van der Waals surface area contributed by atoms with E-state index in [1.165, 1.54) is 97.9 Å². The van der Waals surface area contributed by atoms with E-state index in [1.807, 2.05) is 0 Å². The van der Waals surface area contributed by atoms with Crippen LogP contribution in [0.25, 0.3) is 0 Å². The SMILES string of the molecule is Cc1cc(C)c(B2c3cc(C)ccc3N3c4ccc(C)cc4B(c4c(C)cc(C)cc4C)c4cc(I)cc2c43)c(C)c1. The van der Waals surface area contributed by atoms with Gasteiger partial charge in [-0.2, -0.15) is 0 Å². The summed E-state index contributed by atoms with van der Waals surface area (Å²) < 4.78 is 1.30. The van der Waals surface area contributed by atoms with Crippen LogP contribution in [0.1, 0.15) is 44.5 Å². The van der Waals surface area contributed by atoms with Crippen LogP contribution < -0.4 is 37.7 Å². The maximum absolute atomic E-state index is 2.59.